The Labute approximate surface area is 90.0 Å². The number of hydrogen-bond acceptors (Lipinski definition) is 3. The molecule has 0 spiro atoms. The molecule has 0 aliphatic heterocycles. The molecule has 14 heavy (non-hydrogen) atoms. The lowest BCUT2D eigenvalue weighted by Gasteiger charge is -2.03. The van der Waals surface area contributed by atoms with Crippen LogP contribution in [-0.4, -0.2) is 27.4 Å². The van der Waals surface area contributed by atoms with E-state index < -0.39 is 0 Å². The van der Waals surface area contributed by atoms with Crippen molar-refractivity contribution in [3.63, 3.8) is 0 Å². The third kappa shape index (κ3) is 1.95. The van der Waals surface area contributed by atoms with E-state index in [4.69, 9.17) is 0 Å². The van der Waals surface area contributed by atoms with Crippen LogP contribution in [0.5, 0.6) is 0 Å². The first-order valence-electron chi connectivity index (χ1n) is 4.52. The lowest BCUT2D eigenvalue weighted by molar-refractivity contribution is 0.0941. The summed E-state index contributed by atoms with van der Waals surface area (Å²) in [6, 6.07) is 0. The largest absolute Gasteiger partial charge is 0.350 e. The molecule has 76 valence electrons. The Kier molecular flexibility index (Phi) is 2.54. The van der Waals surface area contributed by atoms with Gasteiger partial charge in [-0.3, -0.25) is 4.79 Å². The van der Waals surface area contributed by atoms with Crippen molar-refractivity contribution in [2.45, 2.75) is 12.8 Å². The zero-order chi connectivity index (χ0) is 10.1. The highest BCUT2D eigenvalue weighted by atomic mass is 79.9. The summed E-state index contributed by atoms with van der Waals surface area (Å²) in [5, 5.41) is 10.3. The van der Waals surface area contributed by atoms with E-state index in [-0.39, 0.29) is 5.91 Å². The summed E-state index contributed by atoms with van der Waals surface area (Å²) in [6.07, 6.45) is 2.45. The van der Waals surface area contributed by atoms with Crippen molar-refractivity contribution in [2.75, 3.05) is 6.54 Å². The van der Waals surface area contributed by atoms with Crippen molar-refractivity contribution in [1.29, 1.82) is 0 Å². The van der Waals surface area contributed by atoms with Gasteiger partial charge in [0, 0.05) is 13.6 Å². The second kappa shape index (κ2) is 3.68. The first kappa shape index (κ1) is 9.64. The number of aryl methyl sites for hydroxylation is 1. The van der Waals surface area contributed by atoms with Gasteiger partial charge in [-0.15, -0.1) is 5.10 Å². The second-order valence-electron chi connectivity index (χ2n) is 3.51. The molecule has 0 aromatic carbocycles. The van der Waals surface area contributed by atoms with Gasteiger partial charge in [0.1, 0.15) is 0 Å². The molecule has 0 atom stereocenters. The maximum Gasteiger partial charge on any atom is 0.272 e. The van der Waals surface area contributed by atoms with E-state index >= 15 is 0 Å². The molecule has 0 saturated heterocycles. The normalized spacial score (nSPS) is 15.6. The first-order chi connectivity index (χ1) is 6.68. The fourth-order valence-corrected chi connectivity index (χ4v) is 1.72. The summed E-state index contributed by atoms with van der Waals surface area (Å²) in [5.41, 5.74) is 0.477. The average Bonchev–Trinajstić information content (AvgIpc) is 2.90. The van der Waals surface area contributed by atoms with Gasteiger partial charge in [-0.2, -0.15) is 0 Å². The summed E-state index contributed by atoms with van der Waals surface area (Å²) >= 11 is 3.19. The standard InChI is InChI=1S/C8H11BrN4O/c1-13-6(7(9)11-12-13)8(14)10-4-5-2-3-5/h5H,2-4H2,1H3,(H,10,14). The van der Waals surface area contributed by atoms with E-state index in [9.17, 15) is 4.79 Å². The van der Waals surface area contributed by atoms with Crippen LogP contribution in [0.3, 0.4) is 0 Å². The van der Waals surface area contributed by atoms with Crippen molar-refractivity contribution in [2.24, 2.45) is 13.0 Å². The van der Waals surface area contributed by atoms with Crippen LogP contribution < -0.4 is 5.32 Å². The lowest BCUT2D eigenvalue weighted by atomic mass is 10.4. The molecule has 0 unspecified atom stereocenters. The monoisotopic (exact) mass is 258 g/mol. The molecule has 1 amide bonds. The summed E-state index contributed by atoms with van der Waals surface area (Å²) in [4.78, 5) is 11.6. The Bertz CT molecular complexity index is 339. The molecule has 1 N–H and O–H groups in total. The summed E-state index contributed by atoms with van der Waals surface area (Å²) in [5.74, 6) is 0.565. The molecule has 0 radical (unpaired) electrons. The maximum absolute atomic E-state index is 11.6. The first-order valence-corrected chi connectivity index (χ1v) is 5.31. The highest BCUT2D eigenvalue weighted by Crippen LogP contribution is 2.27. The minimum Gasteiger partial charge on any atom is -0.350 e. The highest BCUT2D eigenvalue weighted by molar-refractivity contribution is 9.10. The molecule has 1 fully saturated rings. The zero-order valence-electron chi connectivity index (χ0n) is 7.83. The van der Waals surface area contributed by atoms with Crippen LogP contribution in [-0.2, 0) is 7.05 Å². The molecule has 1 aromatic rings. The molecule has 1 aromatic heterocycles. The van der Waals surface area contributed by atoms with Crippen LogP contribution in [0.1, 0.15) is 23.3 Å². The van der Waals surface area contributed by atoms with Gasteiger partial charge >= 0.3 is 0 Å². The SMILES string of the molecule is Cn1nnc(Br)c1C(=O)NCC1CC1. The number of carbonyl (C=O) groups excluding carboxylic acids is 1. The zero-order valence-corrected chi connectivity index (χ0v) is 9.41. The van der Waals surface area contributed by atoms with Crippen LogP contribution in [0.25, 0.3) is 0 Å². The van der Waals surface area contributed by atoms with E-state index in [0.717, 1.165) is 6.54 Å². The molecule has 5 nitrogen and oxygen atoms in total. The number of nitrogens with one attached hydrogen (secondary N) is 1. The van der Waals surface area contributed by atoms with Crippen LogP contribution in [0.4, 0.5) is 0 Å². The predicted molar refractivity (Wildman–Crippen MR) is 53.8 cm³/mol. The molecule has 6 heteroatoms. The van der Waals surface area contributed by atoms with Crippen LogP contribution in [0.15, 0.2) is 4.60 Å². The lowest BCUT2D eigenvalue weighted by Crippen LogP contribution is -2.27. The highest BCUT2D eigenvalue weighted by Gasteiger charge is 2.23. The third-order valence-corrected chi connectivity index (χ3v) is 2.78. The number of halogens is 1. The molecule has 1 aliphatic carbocycles. The number of aromatic nitrogens is 3. The third-order valence-electron chi connectivity index (χ3n) is 2.25. The van der Waals surface area contributed by atoms with E-state index in [1.54, 1.807) is 7.05 Å². The minimum absolute atomic E-state index is 0.115. The Morgan fingerprint density at radius 1 is 1.71 bits per heavy atom. The maximum atomic E-state index is 11.6. The molecular weight excluding hydrogens is 248 g/mol. The van der Waals surface area contributed by atoms with Gasteiger partial charge in [-0.25, -0.2) is 4.68 Å². The van der Waals surface area contributed by atoms with Crippen molar-refractivity contribution in [1.82, 2.24) is 20.3 Å². The van der Waals surface area contributed by atoms with E-state index in [0.29, 0.717) is 16.2 Å². The van der Waals surface area contributed by atoms with E-state index in [1.807, 2.05) is 0 Å². The molecular formula is C8H11BrN4O. The van der Waals surface area contributed by atoms with Gasteiger partial charge < -0.3 is 5.32 Å². The summed E-state index contributed by atoms with van der Waals surface area (Å²) in [6.45, 7) is 0.760. The Morgan fingerprint density at radius 3 is 2.93 bits per heavy atom. The molecule has 1 aliphatic rings. The molecule has 2 rings (SSSR count). The van der Waals surface area contributed by atoms with Gasteiger partial charge in [0.15, 0.2) is 10.3 Å². The number of rotatable bonds is 3. The van der Waals surface area contributed by atoms with Gasteiger partial charge in [0.05, 0.1) is 0 Å². The van der Waals surface area contributed by atoms with Gasteiger partial charge in [0.2, 0.25) is 0 Å². The Morgan fingerprint density at radius 2 is 2.43 bits per heavy atom. The van der Waals surface area contributed by atoms with Crippen LogP contribution in [0, 0.1) is 5.92 Å². The minimum atomic E-state index is -0.115. The van der Waals surface area contributed by atoms with Gasteiger partial charge in [-0.1, -0.05) is 5.21 Å². The van der Waals surface area contributed by atoms with E-state index in [1.165, 1.54) is 17.5 Å². The summed E-state index contributed by atoms with van der Waals surface area (Å²) in [7, 11) is 1.70. The molecule has 1 heterocycles. The Balaban J connectivity index is 2.01. The van der Waals surface area contributed by atoms with E-state index in [2.05, 4.69) is 31.6 Å². The summed E-state index contributed by atoms with van der Waals surface area (Å²) < 4.78 is 1.96. The fraction of sp³-hybridized carbons (Fsp3) is 0.625. The number of carbonyl (C=O) groups is 1. The van der Waals surface area contributed by atoms with Crippen molar-refractivity contribution in [3.05, 3.63) is 10.3 Å². The average molecular weight is 259 g/mol. The Hall–Kier alpha value is -0.910. The van der Waals surface area contributed by atoms with Gasteiger partial charge in [0.25, 0.3) is 5.91 Å². The quantitative estimate of drug-likeness (QED) is 0.869. The molecule has 1 saturated carbocycles. The number of amides is 1. The molecule has 0 bridgehead atoms. The topological polar surface area (TPSA) is 59.8 Å². The second-order valence-corrected chi connectivity index (χ2v) is 4.26. The van der Waals surface area contributed by atoms with Crippen molar-refractivity contribution in [3.8, 4) is 0 Å². The van der Waals surface area contributed by atoms with Crippen LogP contribution in [0.2, 0.25) is 0 Å². The van der Waals surface area contributed by atoms with Crippen molar-refractivity contribution < 1.29 is 4.79 Å². The predicted octanol–water partition coefficient (Wildman–Crippen LogP) is 0.717. The van der Waals surface area contributed by atoms with Gasteiger partial charge in [-0.05, 0) is 34.7 Å². The smallest absolute Gasteiger partial charge is 0.272 e. The fourth-order valence-electron chi connectivity index (χ4n) is 1.22. The number of hydrogen-bond donors (Lipinski definition) is 1. The van der Waals surface area contributed by atoms with Crippen LogP contribution >= 0.6 is 15.9 Å². The number of nitrogens with zero attached hydrogens (tertiary/aromatic N) is 3. The van der Waals surface area contributed by atoms with Crippen molar-refractivity contribution >= 4 is 21.8 Å².